The number of ether oxygens (including phenoxy) is 1. The summed E-state index contributed by atoms with van der Waals surface area (Å²) in [6.07, 6.45) is 1.56. The van der Waals surface area contributed by atoms with Crippen LogP contribution in [-0.4, -0.2) is 13.0 Å². The zero-order chi connectivity index (χ0) is 13.0. The normalized spacial score (nSPS) is 10.1. The van der Waals surface area contributed by atoms with Gasteiger partial charge in [0.05, 0.1) is 13.4 Å². The Bertz CT molecular complexity index is 528. The maximum atomic E-state index is 11.7. The quantitative estimate of drug-likeness (QED) is 0.900. The molecule has 0 radical (unpaired) electrons. The van der Waals surface area contributed by atoms with Gasteiger partial charge in [-0.3, -0.25) is 4.79 Å². The molecule has 0 aliphatic rings. The molecule has 1 amide bonds. The molecule has 4 nitrogen and oxygen atoms in total. The highest BCUT2D eigenvalue weighted by Gasteiger charge is 2.09. The Kier molecular flexibility index (Phi) is 3.67. The van der Waals surface area contributed by atoms with Gasteiger partial charge in [0.1, 0.15) is 5.75 Å². The first-order valence-electron chi connectivity index (χ1n) is 5.65. The summed E-state index contributed by atoms with van der Waals surface area (Å²) in [5.41, 5.74) is 1.94. The fourth-order valence-corrected chi connectivity index (χ4v) is 1.56. The number of hydrogen-bond acceptors (Lipinski definition) is 3. The lowest BCUT2D eigenvalue weighted by Gasteiger charge is -2.04. The van der Waals surface area contributed by atoms with E-state index in [9.17, 15) is 4.79 Å². The van der Waals surface area contributed by atoms with E-state index in [1.807, 2.05) is 31.2 Å². The van der Waals surface area contributed by atoms with E-state index in [1.54, 1.807) is 19.4 Å². The van der Waals surface area contributed by atoms with Gasteiger partial charge in [0, 0.05) is 6.54 Å². The molecule has 0 bridgehead atoms. The molecule has 0 spiro atoms. The number of amides is 1. The zero-order valence-electron chi connectivity index (χ0n) is 10.4. The predicted octanol–water partition coefficient (Wildman–Crippen LogP) is 2.53. The van der Waals surface area contributed by atoms with Gasteiger partial charge < -0.3 is 14.5 Å². The average Bonchev–Trinajstić information content (AvgIpc) is 2.83. The molecule has 1 aromatic carbocycles. The van der Waals surface area contributed by atoms with E-state index in [0.29, 0.717) is 12.3 Å². The molecule has 94 valence electrons. The third-order valence-corrected chi connectivity index (χ3v) is 2.57. The fourth-order valence-electron chi connectivity index (χ4n) is 1.56. The van der Waals surface area contributed by atoms with E-state index in [2.05, 4.69) is 5.32 Å². The Morgan fingerprint density at radius 1 is 1.33 bits per heavy atom. The maximum absolute atomic E-state index is 11.7. The third kappa shape index (κ3) is 2.91. The fraction of sp³-hybridized carbons (Fsp3) is 0.214. The predicted molar refractivity (Wildman–Crippen MR) is 67.6 cm³/mol. The lowest BCUT2D eigenvalue weighted by Crippen LogP contribution is -2.22. The summed E-state index contributed by atoms with van der Waals surface area (Å²) in [6, 6.07) is 9.25. The summed E-state index contributed by atoms with van der Waals surface area (Å²) >= 11 is 0. The molecule has 0 fully saturated rings. The standard InChI is InChI=1S/C14H15NO3/c1-10-7-13(18-9-10)14(16)15-8-11-3-5-12(17-2)6-4-11/h3-7,9H,8H2,1-2H3,(H,15,16). The molecule has 0 aliphatic carbocycles. The van der Waals surface area contributed by atoms with Crippen molar-refractivity contribution in [3.05, 3.63) is 53.5 Å². The molecule has 1 aromatic heterocycles. The number of furan rings is 1. The van der Waals surface area contributed by atoms with Crippen LogP contribution in [0.1, 0.15) is 21.7 Å². The highest BCUT2D eigenvalue weighted by Crippen LogP contribution is 2.11. The van der Waals surface area contributed by atoms with Crippen molar-refractivity contribution in [2.45, 2.75) is 13.5 Å². The van der Waals surface area contributed by atoms with Crippen molar-refractivity contribution in [2.24, 2.45) is 0 Å². The van der Waals surface area contributed by atoms with Gasteiger partial charge in [0.25, 0.3) is 5.91 Å². The van der Waals surface area contributed by atoms with Gasteiger partial charge in [-0.1, -0.05) is 12.1 Å². The van der Waals surface area contributed by atoms with E-state index in [4.69, 9.17) is 9.15 Å². The summed E-state index contributed by atoms with van der Waals surface area (Å²) in [5, 5.41) is 2.79. The lowest BCUT2D eigenvalue weighted by atomic mass is 10.2. The van der Waals surface area contributed by atoms with Gasteiger partial charge >= 0.3 is 0 Å². The van der Waals surface area contributed by atoms with Gasteiger partial charge in [-0.05, 0) is 36.2 Å². The Balaban J connectivity index is 1.92. The van der Waals surface area contributed by atoms with Crippen LogP contribution in [0.2, 0.25) is 0 Å². The Morgan fingerprint density at radius 3 is 2.61 bits per heavy atom. The summed E-state index contributed by atoms with van der Waals surface area (Å²) < 4.78 is 10.2. The molecule has 18 heavy (non-hydrogen) atoms. The van der Waals surface area contributed by atoms with Crippen LogP contribution in [0.3, 0.4) is 0 Å². The molecule has 0 unspecified atom stereocenters. The minimum atomic E-state index is -0.209. The number of carbonyl (C=O) groups is 1. The summed E-state index contributed by atoms with van der Waals surface area (Å²) in [7, 11) is 1.62. The maximum Gasteiger partial charge on any atom is 0.287 e. The molecule has 1 heterocycles. The molecule has 2 rings (SSSR count). The molecule has 2 aromatic rings. The van der Waals surface area contributed by atoms with Crippen molar-refractivity contribution in [1.29, 1.82) is 0 Å². The summed E-state index contributed by atoms with van der Waals surface area (Å²) in [4.78, 5) is 11.7. The second kappa shape index (κ2) is 5.40. The lowest BCUT2D eigenvalue weighted by molar-refractivity contribution is 0.0923. The topological polar surface area (TPSA) is 51.5 Å². The van der Waals surface area contributed by atoms with Gasteiger partial charge in [-0.2, -0.15) is 0 Å². The monoisotopic (exact) mass is 245 g/mol. The minimum Gasteiger partial charge on any atom is -0.497 e. The van der Waals surface area contributed by atoms with E-state index >= 15 is 0 Å². The number of rotatable bonds is 4. The van der Waals surface area contributed by atoms with Crippen LogP contribution in [0.5, 0.6) is 5.75 Å². The molecule has 0 saturated heterocycles. The van der Waals surface area contributed by atoms with Crippen molar-refractivity contribution < 1.29 is 13.9 Å². The van der Waals surface area contributed by atoms with Gasteiger partial charge in [-0.15, -0.1) is 0 Å². The van der Waals surface area contributed by atoms with Gasteiger partial charge in [0.15, 0.2) is 5.76 Å². The third-order valence-electron chi connectivity index (χ3n) is 2.57. The SMILES string of the molecule is COc1ccc(CNC(=O)c2cc(C)co2)cc1. The molecule has 4 heteroatoms. The number of aryl methyl sites for hydroxylation is 1. The first-order valence-corrected chi connectivity index (χ1v) is 5.65. The van der Waals surface area contributed by atoms with E-state index in [-0.39, 0.29) is 5.91 Å². The van der Waals surface area contributed by atoms with E-state index in [1.165, 1.54) is 0 Å². The van der Waals surface area contributed by atoms with Crippen LogP contribution in [0.15, 0.2) is 41.0 Å². The first-order chi connectivity index (χ1) is 8.69. The summed E-state index contributed by atoms with van der Waals surface area (Å²) in [6.45, 7) is 2.34. The average molecular weight is 245 g/mol. The second-order valence-corrected chi connectivity index (χ2v) is 4.02. The molecule has 0 aliphatic heterocycles. The molecular formula is C14H15NO3. The van der Waals surface area contributed by atoms with E-state index in [0.717, 1.165) is 16.9 Å². The number of hydrogen-bond donors (Lipinski definition) is 1. The van der Waals surface area contributed by atoms with Crippen molar-refractivity contribution in [3.63, 3.8) is 0 Å². The van der Waals surface area contributed by atoms with Crippen LogP contribution < -0.4 is 10.1 Å². The minimum absolute atomic E-state index is 0.209. The summed E-state index contributed by atoms with van der Waals surface area (Å²) in [5.74, 6) is 0.923. The van der Waals surface area contributed by atoms with Crippen molar-refractivity contribution in [1.82, 2.24) is 5.32 Å². The Morgan fingerprint density at radius 2 is 2.06 bits per heavy atom. The van der Waals surface area contributed by atoms with Crippen molar-refractivity contribution in [3.8, 4) is 5.75 Å². The second-order valence-electron chi connectivity index (χ2n) is 4.02. The number of nitrogens with one attached hydrogen (secondary N) is 1. The number of methoxy groups -OCH3 is 1. The number of carbonyl (C=O) groups excluding carboxylic acids is 1. The molecule has 1 N–H and O–H groups in total. The first kappa shape index (κ1) is 12.2. The van der Waals surface area contributed by atoms with Gasteiger partial charge in [-0.25, -0.2) is 0 Å². The number of benzene rings is 1. The van der Waals surface area contributed by atoms with Crippen LogP contribution in [0.4, 0.5) is 0 Å². The Hall–Kier alpha value is -2.23. The van der Waals surface area contributed by atoms with Crippen molar-refractivity contribution >= 4 is 5.91 Å². The largest absolute Gasteiger partial charge is 0.497 e. The smallest absolute Gasteiger partial charge is 0.287 e. The van der Waals surface area contributed by atoms with Crippen LogP contribution in [0, 0.1) is 6.92 Å². The van der Waals surface area contributed by atoms with Crippen molar-refractivity contribution in [2.75, 3.05) is 7.11 Å². The highest BCUT2D eigenvalue weighted by atomic mass is 16.5. The molecular weight excluding hydrogens is 230 g/mol. The molecule has 0 atom stereocenters. The Labute approximate surface area is 106 Å². The van der Waals surface area contributed by atoms with Crippen LogP contribution in [-0.2, 0) is 6.54 Å². The zero-order valence-corrected chi connectivity index (χ0v) is 10.4. The van der Waals surface area contributed by atoms with E-state index < -0.39 is 0 Å². The van der Waals surface area contributed by atoms with Crippen LogP contribution in [0.25, 0.3) is 0 Å². The van der Waals surface area contributed by atoms with Crippen LogP contribution >= 0.6 is 0 Å². The van der Waals surface area contributed by atoms with Gasteiger partial charge in [0.2, 0.25) is 0 Å². The molecule has 0 saturated carbocycles. The highest BCUT2D eigenvalue weighted by molar-refractivity contribution is 5.91.